The molecule has 0 saturated heterocycles. The van der Waals surface area contributed by atoms with Crippen LogP contribution in [0, 0.1) is 0 Å². The second-order valence-electron chi connectivity index (χ2n) is 8.57. The van der Waals surface area contributed by atoms with Crippen molar-refractivity contribution in [1.29, 1.82) is 0 Å². The largest absolute Gasteiger partial charge is 0.459 e. The van der Waals surface area contributed by atoms with Crippen molar-refractivity contribution in [1.82, 2.24) is 4.57 Å². The Morgan fingerprint density at radius 2 is 1.48 bits per heavy atom. The van der Waals surface area contributed by atoms with Crippen LogP contribution in [0.3, 0.4) is 0 Å². The van der Waals surface area contributed by atoms with E-state index in [0.29, 0.717) is 12.1 Å². The van der Waals surface area contributed by atoms with E-state index in [1.165, 1.54) is 10.6 Å². The van der Waals surface area contributed by atoms with Gasteiger partial charge in [0.15, 0.2) is 0 Å². The number of ether oxygens (including phenoxy) is 2. The second-order valence-corrected chi connectivity index (χ2v) is 8.57. The highest BCUT2D eigenvalue weighted by atomic mass is 16.6. The summed E-state index contributed by atoms with van der Waals surface area (Å²) in [6.45, 7) is 5.09. The maximum absolute atomic E-state index is 13.2. The molecule has 7 nitrogen and oxygen atoms in total. The maximum Gasteiger partial charge on any atom is 0.412 e. The molecule has 1 aromatic heterocycles. The number of amides is 1. The van der Waals surface area contributed by atoms with Crippen molar-refractivity contribution < 1.29 is 19.1 Å². The zero-order chi connectivity index (χ0) is 23.8. The van der Waals surface area contributed by atoms with E-state index in [1.54, 1.807) is 26.8 Å². The van der Waals surface area contributed by atoms with Crippen LogP contribution in [0.1, 0.15) is 37.6 Å². The highest BCUT2D eigenvalue weighted by Gasteiger charge is 2.20. The number of carbonyl (C=O) groups is 2. The van der Waals surface area contributed by atoms with Crippen molar-refractivity contribution >= 4 is 17.7 Å². The minimum atomic E-state index is -0.754. The van der Waals surface area contributed by atoms with Crippen LogP contribution in [0.4, 0.5) is 10.5 Å². The molecule has 0 aliphatic heterocycles. The molecule has 0 aliphatic carbocycles. The van der Waals surface area contributed by atoms with Gasteiger partial charge in [0.05, 0.1) is 0 Å². The molecule has 0 unspecified atom stereocenters. The molecule has 0 saturated carbocycles. The summed E-state index contributed by atoms with van der Waals surface area (Å²) in [5.74, 6) is -0.539. The van der Waals surface area contributed by atoms with E-state index in [1.807, 2.05) is 60.7 Å². The molecule has 0 radical (unpaired) electrons. The summed E-state index contributed by atoms with van der Waals surface area (Å²) in [5.41, 5.74) is 1.27. The molecule has 0 atom stereocenters. The molecule has 3 aromatic rings. The van der Waals surface area contributed by atoms with E-state index in [-0.39, 0.29) is 18.8 Å². The Hall–Kier alpha value is -3.87. The SMILES string of the molecule is CC(C)(C)OC(=O)Cn1c(Cc2ccccc2)ccc(NC(=O)OCc2ccccc2)c1=O. The Labute approximate surface area is 193 Å². The summed E-state index contributed by atoms with van der Waals surface area (Å²) in [7, 11) is 0. The molecular weight excluding hydrogens is 420 g/mol. The van der Waals surface area contributed by atoms with Gasteiger partial charge in [-0.1, -0.05) is 60.7 Å². The van der Waals surface area contributed by atoms with Crippen LogP contribution in [0.2, 0.25) is 0 Å². The molecule has 3 rings (SSSR count). The lowest BCUT2D eigenvalue weighted by atomic mass is 10.1. The number of esters is 1. The van der Waals surface area contributed by atoms with E-state index in [2.05, 4.69) is 5.32 Å². The molecule has 2 aromatic carbocycles. The van der Waals surface area contributed by atoms with Gasteiger partial charge >= 0.3 is 12.1 Å². The quantitative estimate of drug-likeness (QED) is 0.537. The van der Waals surface area contributed by atoms with Gasteiger partial charge in [0.2, 0.25) is 0 Å². The number of anilines is 1. The molecule has 0 aliphatic rings. The standard InChI is InChI=1S/C26H28N2O5/c1-26(2,3)33-23(29)17-28-21(16-19-10-6-4-7-11-19)14-15-22(24(28)30)27-25(31)32-18-20-12-8-5-9-13-20/h4-15H,16-18H2,1-3H3,(H,27,31). The number of hydrogen-bond acceptors (Lipinski definition) is 5. The second kappa shape index (κ2) is 10.6. The van der Waals surface area contributed by atoms with Crippen LogP contribution in [0.5, 0.6) is 0 Å². The van der Waals surface area contributed by atoms with Crippen molar-refractivity contribution in [2.45, 2.75) is 45.9 Å². The highest BCUT2D eigenvalue weighted by Crippen LogP contribution is 2.13. The third-order valence-electron chi connectivity index (χ3n) is 4.65. The van der Waals surface area contributed by atoms with Crippen molar-refractivity contribution in [2.75, 3.05) is 5.32 Å². The van der Waals surface area contributed by atoms with Crippen LogP contribution in [0.15, 0.2) is 77.6 Å². The first-order chi connectivity index (χ1) is 15.7. The van der Waals surface area contributed by atoms with Crippen molar-refractivity contribution in [2.24, 2.45) is 0 Å². The Balaban J connectivity index is 1.81. The van der Waals surface area contributed by atoms with E-state index >= 15 is 0 Å². The first-order valence-electron chi connectivity index (χ1n) is 10.7. The lowest BCUT2D eigenvalue weighted by Gasteiger charge is -2.21. The molecule has 0 spiro atoms. The monoisotopic (exact) mass is 448 g/mol. The first-order valence-corrected chi connectivity index (χ1v) is 10.7. The molecular formula is C26H28N2O5. The lowest BCUT2D eigenvalue weighted by Crippen LogP contribution is -2.33. The van der Waals surface area contributed by atoms with Gasteiger partial charge in [-0.2, -0.15) is 0 Å². The summed E-state index contributed by atoms with van der Waals surface area (Å²) in [4.78, 5) is 37.9. The summed E-state index contributed by atoms with van der Waals surface area (Å²) in [5, 5.41) is 2.49. The van der Waals surface area contributed by atoms with Crippen LogP contribution in [-0.2, 0) is 33.8 Å². The number of pyridine rings is 1. The fourth-order valence-corrected chi connectivity index (χ4v) is 3.22. The van der Waals surface area contributed by atoms with Gasteiger partial charge in [-0.25, -0.2) is 4.79 Å². The smallest absolute Gasteiger partial charge is 0.412 e. The van der Waals surface area contributed by atoms with E-state index in [9.17, 15) is 14.4 Å². The number of nitrogens with one attached hydrogen (secondary N) is 1. The van der Waals surface area contributed by atoms with Gasteiger partial charge in [-0.3, -0.25) is 19.5 Å². The van der Waals surface area contributed by atoms with Gasteiger partial charge in [0.1, 0.15) is 24.4 Å². The van der Waals surface area contributed by atoms with E-state index in [4.69, 9.17) is 9.47 Å². The summed E-state index contributed by atoms with van der Waals surface area (Å²) in [6.07, 6.45) is -0.312. The fourth-order valence-electron chi connectivity index (χ4n) is 3.22. The van der Waals surface area contributed by atoms with Crippen molar-refractivity contribution in [3.8, 4) is 0 Å². The van der Waals surface area contributed by atoms with Crippen LogP contribution < -0.4 is 10.9 Å². The highest BCUT2D eigenvalue weighted by molar-refractivity contribution is 5.84. The van der Waals surface area contributed by atoms with E-state index in [0.717, 1.165) is 11.1 Å². The minimum Gasteiger partial charge on any atom is -0.459 e. The summed E-state index contributed by atoms with van der Waals surface area (Å²) >= 11 is 0. The average molecular weight is 449 g/mol. The third-order valence-corrected chi connectivity index (χ3v) is 4.65. The topological polar surface area (TPSA) is 86.6 Å². The van der Waals surface area contributed by atoms with Gasteiger partial charge in [-0.15, -0.1) is 0 Å². The Bertz CT molecular complexity index is 1150. The Kier molecular flexibility index (Phi) is 7.66. The average Bonchev–Trinajstić information content (AvgIpc) is 2.77. The summed E-state index contributed by atoms with van der Waals surface area (Å²) < 4.78 is 11.9. The maximum atomic E-state index is 13.2. The van der Waals surface area contributed by atoms with Crippen LogP contribution in [-0.4, -0.2) is 22.2 Å². The number of benzene rings is 2. The zero-order valence-corrected chi connectivity index (χ0v) is 19.0. The number of rotatable bonds is 7. The zero-order valence-electron chi connectivity index (χ0n) is 19.0. The van der Waals surface area contributed by atoms with Gasteiger partial charge in [-0.05, 0) is 44.0 Å². The van der Waals surface area contributed by atoms with Crippen molar-refractivity contribution in [3.05, 3.63) is 100.0 Å². The first kappa shape index (κ1) is 23.8. The Morgan fingerprint density at radius 3 is 2.09 bits per heavy atom. The van der Waals surface area contributed by atoms with E-state index < -0.39 is 23.2 Å². The molecule has 0 fully saturated rings. The lowest BCUT2D eigenvalue weighted by molar-refractivity contribution is -0.155. The predicted molar refractivity (Wildman–Crippen MR) is 126 cm³/mol. The number of carbonyl (C=O) groups excluding carboxylic acids is 2. The normalized spacial score (nSPS) is 11.0. The van der Waals surface area contributed by atoms with Gasteiger partial charge in [0, 0.05) is 12.1 Å². The van der Waals surface area contributed by atoms with Gasteiger partial charge < -0.3 is 9.47 Å². The molecule has 172 valence electrons. The summed E-state index contributed by atoms with van der Waals surface area (Å²) in [6, 6.07) is 22.1. The van der Waals surface area contributed by atoms with Crippen molar-refractivity contribution in [3.63, 3.8) is 0 Å². The molecule has 7 heteroatoms. The Morgan fingerprint density at radius 1 is 0.879 bits per heavy atom. The van der Waals surface area contributed by atoms with Gasteiger partial charge in [0.25, 0.3) is 5.56 Å². The number of hydrogen-bond donors (Lipinski definition) is 1. The molecule has 33 heavy (non-hydrogen) atoms. The molecule has 1 amide bonds. The van der Waals surface area contributed by atoms with Crippen LogP contribution in [0.25, 0.3) is 0 Å². The molecule has 1 N–H and O–H groups in total. The molecule has 1 heterocycles. The number of nitrogens with zero attached hydrogens (tertiary/aromatic N) is 1. The molecule has 0 bridgehead atoms. The number of aromatic nitrogens is 1. The van der Waals surface area contributed by atoms with Crippen LogP contribution >= 0.6 is 0 Å². The minimum absolute atomic E-state index is 0.0217. The predicted octanol–water partition coefficient (Wildman–Crippen LogP) is 4.53. The third kappa shape index (κ3) is 7.35. The fraction of sp³-hybridized carbons (Fsp3) is 0.269.